The zero-order chi connectivity index (χ0) is 16.5. The van der Waals surface area contributed by atoms with Gasteiger partial charge < -0.3 is 4.90 Å². The highest BCUT2D eigenvalue weighted by Crippen LogP contribution is 2.22. The number of urea groups is 1. The molecule has 3 heterocycles. The number of rotatable bonds is 2. The van der Waals surface area contributed by atoms with Crippen LogP contribution in [0.25, 0.3) is 10.9 Å². The lowest BCUT2D eigenvalue weighted by molar-refractivity contribution is 0.221. The number of carbonyl (C=O) groups excluding carboxylic acids is 1. The van der Waals surface area contributed by atoms with Gasteiger partial charge in [-0.05, 0) is 18.6 Å². The number of hydrogen-bond donors (Lipinski definition) is 1. The molecule has 4 rings (SSSR count). The quantitative estimate of drug-likeness (QED) is 0.765. The fraction of sp³-hybridized carbons (Fsp3) is 0.267. The fourth-order valence-electron chi connectivity index (χ4n) is 2.90. The van der Waals surface area contributed by atoms with Gasteiger partial charge in [0.1, 0.15) is 5.00 Å². The average Bonchev–Trinajstić information content (AvgIpc) is 3.27. The minimum atomic E-state index is -0.203. The third-order valence-corrected chi connectivity index (χ3v) is 4.71. The van der Waals surface area contributed by atoms with E-state index < -0.39 is 0 Å². The molecule has 1 atom stereocenters. The van der Waals surface area contributed by atoms with Crippen molar-refractivity contribution in [2.45, 2.75) is 12.5 Å². The monoisotopic (exact) mass is 342 g/mol. The number of nitrogens with one attached hydrogen (secondary N) is 1. The SMILES string of the molecule is O=C(Nc1cnns1)N1CCC(n2cnc3ccccc3c2=O)C1. The fourth-order valence-corrected chi connectivity index (χ4v) is 3.31. The number of hydrogen-bond acceptors (Lipinski definition) is 6. The maximum absolute atomic E-state index is 12.6. The van der Waals surface area contributed by atoms with Crippen molar-refractivity contribution in [2.75, 3.05) is 18.4 Å². The number of likely N-dealkylation sites (tertiary alicyclic amines) is 1. The first-order valence-corrected chi connectivity index (χ1v) is 8.29. The van der Waals surface area contributed by atoms with Crippen LogP contribution in [-0.4, -0.2) is 43.2 Å². The van der Waals surface area contributed by atoms with Crippen LogP contribution < -0.4 is 10.9 Å². The Balaban J connectivity index is 1.53. The van der Waals surface area contributed by atoms with Gasteiger partial charge in [-0.1, -0.05) is 16.6 Å². The van der Waals surface area contributed by atoms with E-state index in [9.17, 15) is 9.59 Å². The molecule has 0 bridgehead atoms. The Kier molecular flexibility index (Phi) is 3.69. The highest BCUT2D eigenvalue weighted by Gasteiger charge is 2.28. The third-order valence-electron chi connectivity index (χ3n) is 4.13. The maximum atomic E-state index is 12.6. The van der Waals surface area contributed by atoms with Crippen molar-refractivity contribution in [1.29, 1.82) is 0 Å². The van der Waals surface area contributed by atoms with Gasteiger partial charge in [-0.3, -0.25) is 14.7 Å². The average molecular weight is 342 g/mol. The summed E-state index contributed by atoms with van der Waals surface area (Å²) < 4.78 is 5.34. The molecule has 1 N–H and O–H groups in total. The van der Waals surface area contributed by atoms with Crippen molar-refractivity contribution in [3.05, 3.63) is 47.1 Å². The normalized spacial score (nSPS) is 17.3. The minimum Gasteiger partial charge on any atom is -0.322 e. The second-order valence-corrected chi connectivity index (χ2v) is 6.36. The Hall–Kier alpha value is -2.81. The van der Waals surface area contributed by atoms with E-state index in [1.165, 1.54) is 6.20 Å². The molecule has 0 spiro atoms. The molecule has 1 fully saturated rings. The van der Waals surface area contributed by atoms with Crippen LogP contribution in [0.15, 0.2) is 41.6 Å². The lowest BCUT2D eigenvalue weighted by atomic mass is 10.2. The van der Waals surface area contributed by atoms with Crippen LogP contribution in [0.2, 0.25) is 0 Å². The van der Waals surface area contributed by atoms with E-state index in [4.69, 9.17) is 0 Å². The van der Waals surface area contributed by atoms with Crippen LogP contribution in [0.1, 0.15) is 12.5 Å². The Bertz CT molecular complexity index is 939. The molecule has 0 aliphatic carbocycles. The lowest BCUT2D eigenvalue weighted by Crippen LogP contribution is -2.34. The number of para-hydroxylation sites is 1. The molecule has 1 aromatic carbocycles. The molecule has 8 nitrogen and oxygen atoms in total. The highest BCUT2D eigenvalue weighted by molar-refractivity contribution is 7.10. The summed E-state index contributed by atoms with van der Waals surface area (Å²) in [5.74, 6) is 0. The van der Waals surface area contributed by atoms with Crippen molar-refractivity contribution in [2.24, 2.45) is 0 Å². The highest BCUT2D eigenvalue weighted by atomic mass is 32.1. The van der Waals surface area contributed by atoms with Crippen LogP contribution in [0.5, 0.6) is 0 Å². The van der Waals surface area contributed by atoms with Gasteiger partial charge in [0.05, 0.1) is 29.5 Å². The molecular formula is C15H14N6O2S. The summed E-state index contributed by atoms with van der Waals surface area (Å²) in [7, 11) is 0. The summed E-state index contributed by atoms with van der Waals surface area (Å²) in [5.41, 5.74) is 0.614. The van der Waals surface area contributed by atoms with Crippen LogP contribution in [0.3, 0.4) is 0 Å². The smallest absolute Gasteiger partial charge is 0.322 e. The summed E-state index contributed by atoms with van der Waals surface area (Å²) in [4.78, 5) is 30.9. The number of aromatic nitrogens is 4. The zero-order valence-electron chi connectivity index (χ0n) is 12.6. The standard InChI is InChI=1S/C15H14N6O2S/c22-14-11-3-1-2-4-12(11)16-9-21(14)10-5-6-20(8-10)15(23)18-13-7-17-19-24-13/h1-4,7,9-10H,5-6,8H2,(H,18,23). The van der Waals surface area contributed by atoms with E-state index in [0.717, 1.165) is 11.5 Å². The molecule has 0 saturated carbocycles. The van der Waals surface area contributed by atoms with Crippen LogP contribution in [0, 0.1) is 0 Å². The molecule has 122 valence electrons. The second-order valence-electron chi connectivity index (χ2n) is 5.57. The van der Waals surface area contributed by atoms with E-state index in [2.05, 4.69) is 19.9 Å². The minimum absolute atomic E-state index is 0.0695. The van der Waals surface area contributed by atoms with Crippen molar-refractivity contribution in [3.63, 3.8) is 0 Å². The number of nitrogens with zero attached hydrogens (tertiary/aromatic N) is 5. The zero-order valence-corrected chi connectivity index (χ0v) is 13.4. The Morgan fingerprint density at radius 3 is 3.04 bits per heavy atom. The molecule has 24 heavy (non-hydrogen) atoms. The Morgan fingerprint density at radius 1 is 1.33 bits per heavy atom. The molecule has 3 aromatic rings. The van der Waals surface area contributed by atoms with Crippen molar-refractivity contribution >= 4 is 33.5 Å². The molecule has 9 heteroatoms. The molecule has 1 unspecified atom stereocenters. The predicted octanol–water partition coefficient (Wildman–Crippen LogP) is 1.73. The Labute approximate surface area is 140 Å². The van der Waals surface area contributed by atoms with Gasteiger partial charge in [0.2, 0.25) is 0 Å². The van der Waals surface area contributed by atoms with Crippen molar-refractivity contribution in [3.8, 4) is 0 Å². The van der Waals surface area contributed by atoms with Gasteiger partial charge in [0.15, 0.2) is 0 Å². The topological polar surface area (TPSA) is 93.0 Å². The van der Waals surface area contributed by atoms with E-state index >= 15 is 0 Å². The molecular weight excluding hydrogens is 328 g/mol. The number of fused-ring (bicyclic) bond motifs is 1. The van der Waals surface area contributed by atoms with Crippen LogP contribution in [-0.2, 0) is 0 Å². The van der Waals surface area contributed by atoms with Gasteiger partial charge in [0.25, 0.3) is 5.56 Å². The molecule has 0 radical (unpaired) electrons. The second kappa shape index (κ2) is 6.00. The van der Waals surface area contributed by atoms with Crippen LogP contribution >= 0.6 is 11.5 Å². The van der Waals surface area contributed by atoms with E-state index in [1.54, 1.807) is 21.9 Å². The first-order valence-electron chi connectivity index (χ1n) is 7.51. The van der Waals surface area contributed by atoms with Crippen LogP contribution in [0.4, 0.5) is 9.80 Å². The van der Waals surface area contributed by atoms with Crippen molar-refractivity contribution < 1.29 is 4.79 Å². The molecule has 1 aliphatic heterocycles. The summed E-state index contributed by atoms with van der Waals surface area (Å²) in [5, 5.41) is 7.64. The first kappa shape index (κ1) is 14.8. The molecule has 1 saturated heterocycles. The molecule has 1 aliphatic rings. The maximum Gasteiger partial charge on any atom is 0.322 e. The third kappa shape index (κ3) is 2.62. The summed E-state index contributed by atoms with van der Waals surface area (Å²) in [6.45, 7) is 1.06. The van der Waals surface area contributed by atoms with E-state index in [0.29, 0.717) is 35.4 Å². The summed E-state index contributed by atoms with van der Waals surface area (Å²) in [6.07, 6.45) is 3.80. The van der Waals surface area contributed by atoms with E-state index in [-0.39, 0.29) is 17.6 Å². The molecule has 2 aromatic heterocycles. The number of amides is 2. The predicted molar refractivity (Wildman–Crippen MR) is 90.2 cm³/mol. The van der Waals surface area contributed by atoms with Crippen molar-refractivity contribution in [1.82, 2.24) is 24.0 Å². The van der Waals surface area contributed by atoms with Gasteiger partial charge >= 0.3 is 6.03 Å². The number of anilines is 1. The first-order chi connectivity index (χ1) is 11.7. The number of carbonyl (C=O) groups is 1. The van der Waals surface area contributed by atoms with Gasteiger partial charge in [-0.2, -0.15) is 0 Å². The molecule has 2 amide bonds. The lowest BCUT2D eigenvalue weighted by Gasteiger charge is -2.17. The van der Waals surface area contributed by atoms with Gasteiger partial charge in [0, 0.05) is 24.6 Å². The van der Waals surface area contributed by atoms with Gasteiger partial charge in [-0.15, -0.1) is 5.10 Å². The largest absolute Gasteiger partial charge is 0.322 e. The van der Waals surface area contributed by atoms with E-state index in [1.807, 2.05) is 18.2 Å². The van der Waals surface area contributed by atoms with Gasteiger partial charge in [-0.25, -0.2) is 9.78 Å². The Morgan fingerprint density at radius 2 is 2.21 bits per heavy atom. The summed E-state index contributed by atoms with van der Waals surface area (Å²) >= 11 is 1.13. The number of benzene rings is 1. The summed E-state index contributed by atoms with van der Waals surface area (Å²) in [6, 6.07) is 7.00.